The molecule has 2 aromatic heterocycles. The summed E-state index contributed by atoms with van der Waals surface area (Å²) in [5.74, 6) is 0.180. The lowest BCUT2D eigenvalue weighted by molar-refractivity contribution is -0.113. The SMILES string of the molecule is Cn1c(SCC(=O)Nc2nc(-c3ccc(Cl)cc3Cl)cs2)nnc1-c1ccc(F)cc1. The van der Waals surface area contributed by atoms with Crippen molar-refractivity contribution in [1.82, 2.24) is 19.7 Å². The van der Waals surface area contributed by atoms with Crippen LogP contribution in [-0.2, 0) is 11.8 Å². The molecule has 2 aromatic carbocycles. The summed E-state index contributed by atoms with van der Waals surface area (Å²) < 4.78 is 14.9. The third-order valence-electron chi connectivity index (χ3n) is 4.23. The van der Waals surface area contributed by atoms with Gasteiger partial charge in [0.05, 0.1) is 16.5 Å². The first-order valence-electron chi connectivity index (χ1n) is 8.89. The van der Waals surface area contributed by atoms with E-state index in [0.717, 1.165) is 11.1 Å². The Balaban J connectivity index is 1.38. The molecule has 11 heteroatoms. The van der Waals surface area contributed by atoms with Gasteiger partial charge in [-0.3, -0.25) is 4.79 Å². The van der Waals surface area contributed by atoms with Gasteiger partial charge in [-0.1, -0.05) is 35.0 Å². The minimum atomic E-state index is -0.319. The van der Waals surface area contributed by atoms with E-state index in [1.54, 1.807) is 41.9 Å². The molecule has 4 rings (SSSR count). The van der Waals surface area contributed by atoms with Crippen LogP contribution in [0.4, 0.5) is 9.52 Å². The number of carbonyl (C=O) groups excluding carboxylic acids is 1. The number of benzene rings is 2. The Hall–Kier alpha value is -2.46. The van der Waals surface area contributed by atoms with E-state index in [1.165, 1.54) is 35.2 Å². The Labute approximate surface area is 195 Å². The fourth-order valence-electron chi connectivity index (χ4n) is 2.73. The monoisotopic (exact) mass is 493 g/mol. The Morgan fingerprint density at radius 1 is 1.19 bits per heavy atom. The van der Waals surface area contributed by atoms with Gasteiger partial charge in [-0.25, -0.2) is 9.37 Å². The first kappa shape index (κ1) is 21.8. The zero-order valence-electron chi connectivity index (χ0n) is 16.0. The second-order valence-corrected chi connectivity index (χ2v) is 9.02. The van der Waals surface area contributed by atoms with Gasteiger partial charge in [-0.2, -0.15) is 0 Å². The molecular formula is C20H14Cl2FN5OS2. The van der Waals surface area contributed by atoms with Gasteiger partial charge in [0.15, 0.2) is 16.1 Å². The van der Waals surface area contributed by atoms with E-state index in [-0.39, 0.29) is 17.5 Å². The Bertz CT molecular complexity index is 1240. The molecule has 1 amide bonds. The van der Waals surface area contributed by atoms with Crippen LogP contribution in [0.25, 0.3) is 22.6 Å². The number of thioether (sulfide) groups is 1. The normalized spacial score (nSPS) is 11.0. The van der Waals surface area contributed by atoms with Gasteiger partial charge in [0.25, 0.3) is 0 Å². The standard InChI is InChI=1S/C20H14Cl2FN5OS2/c1-28-18(11-2-5-13(23)6-3-11)26-27-20(28)31-10-17(29)25-19-24-16(9-30-19)14-7-4-12(21)8-15(14)22/h2-9H,10H2,1H3,(H,24,25,29). The van der Waals surface area contributed by atoms with E-state index in [2.05, 4.69) is 20.5 Å². The Kier molecular flexibility index (Phi) is 6.57. The summed E-state index contributed by atoms with van der Waals surface area (Å²) in [6, 6.07) is 11.2. The summed E-state index contributed by atoms with van der Waals surface area (Å²) in [6.45, 7) is 0. The second-order valence-electron chi connectivity index (χ2n) is 6.37. The summed E-state index contributed by atoms with van der Waals surface area (Å²) in [6.07, 6.45) is 0. The van der Waals surface area contributed by atoms with Gasteiger partial charge in [0, 0.05) is 28.6 Å². The molecule has 0 fully saturated rings. The van der Waals surface area contributed by atoms with Crippen LogP contribution in [-0.4, -0.2) is 31.4 Å². The van der Waals surface area contributed by atoms with Crippen LogP contribution in [0.5, 0.6) is 0 Å². The molecular weight excluding hydrogens is 480 g/mol. The molecule has 0 atom stereocenters. The van der Waals surface area contributed by atoms with Crippen LogP contribution in [0.15, 0.2) is 53.0 Å². The molecule has 0 saturated carbocycles. The number of hydrogen-bond donors (Lipinski definition) is 1. The lowest BCUT2D eigenvalue weighted by atomic mass is 10.2. The number of anilines is 1. The number of thiazole rings is 1. The van der Waals surface area contributed by atoms with Gasteiger partial charge >= 0.3 is 0 Å². The number of hydrogen-bond acceptors (Lipinski definition) is 6. The van der Waals surface area contributed by atoms with Gasteiger partial charge in [-0.15, -0.1) is 21.5 Å². The van der Waals surface area contributed by atoms with Crippen LogP contribution in [0.1, 0.15) is 0 Å². The second kappa shape index (κ2) is 9.35. The van der Waals surface area contributed by atoms with Crippen LogP contribution < -0.4 is 5.32 Å². The first-order chi connectivity index (χ1) is 14.9. The lowest BCUT2D eigenvalue weighted by Crippen LogP contribution is -2.14. The molecule has 0 spiro atoms. The third kappa shape index (κ3) is 5.07. The molecule has 0 radical (unpaired) electrons. The minimum absolute atomic E-state index is 0.131. The number of carbonyl (C=O) groups is 1. The highest BCUT2D eigenvalue weighted by Crippen LogP contribution is 2.32. The number of halogens is 3. The maximum Gasteiger partial charge on any atom is 0.236 e. The van der Waals surface area contributed by atoms with Gasteiger partial charge in [-0.05, 0) is 42.5 Å². The summed E-state index contributed by atoms with van der Waals surface area (Å²) in [4.78, 5) is 16.8. The van der Waals surface area contributed by atoms with Gasteiger partial charge in [0.1, 0.15) is 5.82 Å². The smallest absolute Gasteiger partial charge is 0.236 e. The molecule has 2 heterocycles. The Morgan fingerprint density at radius 2 is 1.97 bits per heavy atom. The number of nitrogens with one attached hydrogen (secondary N) is 1. The number of nitrogens with zero attached hydrogens (tertiary/aromatic N) is 4. The van der Waals surface area contributed by atoms with Crippen molar-refractivity contribution in [3.05, 3.63) is 63.7 Å². The highest BCUT2D eigenvalue weighted by molar-refractivity contribution is 7.99. The predicted octanol–water partition coefficient (Wildman–Crippen LogP) is 5.78. The Morgan fingerprint density at radius 3 is 2.71 bits per heavy atom. The average Bonchev–Trinajstić information content (AvgIpc) is 3.34. The predicted molar refractivity (Wildman–Crippen MR) is 123 cm³/mol. The summed E-state index contributed by atoms with van der Waals surface area (Å²) >= 11 is 14.7. The fourth-order valence-corrected chi connectivity index (χ4v) is 4.67. The average molecular weight is 494 g/mol. The van der Waals surface area contributed by atoms with Crippen LogP contribution >= 0.6 is 46.3 Å². The van der Waals surface area contributed by atoms with E-state index in [0.29, 0.717) is 31.9 Å². The van der Waals surface area contributed by atoms with Crippen molar-refractivity contribution in [1.29, 1.82) is 0 Å². The largest absolute Gasteiger partial charge is 0.305 e. The molecule has 0 aliphatic heterocycles. The quantitative estimate of drug-likeness (QED) is 0.344. The number of aromatic nitrogens is 4. The summed E-state index contributed by atoms with van der Waals surface area (Å²) in [5, 5.41) is 14.9. The zero-order valence-corrected chi connectivity index (χ0v) is 19.1. The minimum Gasteiger partial charge on any atom is -0.305 e. The third-order valence-corrected chi connectivity index (χ3v) is 6.55. The van der Waals surface area contributed by atoms with E-state index in [9.17, 15) is 9.18 Å². The van der Waals surface area contributed by atoms with E-state index >= 15 is 0 Å². The van der Waals surface area contributed by atoms with Crippen molar-refractivity contribution in [2.24, 2.45) is 7.05 Å². The molecule has 158 valence electrons. The fraction of sp³-hybridized carbons (Fsp3) is 0.100. The maximum absolute atomic E-state index is 13.1. The van der Waals surface area contributed by atoms with Crippen molar-refractivity contribution in [3.63, 3.8) is 0 Å². The zero-order chi connectivity index (χ0) is 22.0. The van der Waals surface area contributed by atoms with E-state index < -0.39 is 0 Å². The highest BCUT2D eigenvalue weighted by Gasteiger charge is 2.15. The number of rotatable bonds is 6. The van der Waals surface area contributed by atoms with Crippen molar-refractivity contribution in [2.75, 3.05) is 11.1 Å². The van der Waals surface area contributed by atoms with E-state index in [4.69, 9.17) is 23.2 Å². The molecule has 1 N–H and O–H groups in total. The van der Waals surface area contributed by atoms with E-state index in [1.807, 2.05) is 5.38 Å². The van der Waals surface area contributed by atoms with Gasteiger partial charge in [0.2, 0.25) is 5.91 Å². The van der Waals surface area contributed by atoms with Crippen LogP contribution in [0, 0.1) is 5.82 Å². The molecule has 4 aromatic rings. The summed E-state index contributed by atoms with van der Waals surface area (Å²) in [7, 11) is 1.79. The van der Waals surface area contributed by atoms with Gasteiger partial charge < -0.3 is 9.88 Å². The molecule has 6 nitrogen and oxygen atoms in total. The van der Waals surface area contributed by atoms with Crippen molar-refractivity contribution < 1.29 is 9.18 Å². The van der Waals surface area contributed by atoms with Crippen molar-refractivity contribution in [3.8, 4) is 22.6 Å². The topological polar surface area (TPSA) is 72.7 Å². The van der Waals surface area contributed by atoms with Crippen LogP contribution in [0.2, 0.25) is 10.0 Å². The molecule has 0 saturated heterocycles. The first-order valence-corrected chi connectivity index (χ1v) is 11.5. The maximum atomic E-state index is 13.1. The molecule has 0 bridgehead atoms. The van der Waals surface area contributed by atoms with Crippen molar-refractivity contribution in [2.45, 2.75) is 5.16 Å². The van der Waals surface area contributed by atoms with Crippen molar-refractivity contribution >= 4 is 57.3 Å². The summed E-state index contributed by atoms with van der Waals surface area (Å²) in [5.41, 5.74) is 2.14. The molecule has 0 aliphatic rings. The molecule has 31 heavy (non-hydrogen) atoms. The number of amides is 1. The molecule has 0 aliphatic carbocycles. The highest BCUT2D eigenvalue weighted by atomic mass is 35.5. The van der Waals surface area contributed by atoms with Crippen LogP contribution in [0.3, 0.4) is 0 Å². The molecule has 0 unspecified atom stereocenters. The lowest BCUT2D eigenvalue weighted by Gasteiger charge is -2.04.